The Balaban J connectivity index is 1.16. The van der Waals surface area contributed by atoms with Crippen LogP contribution in [0.25, 0.3) is 11.1 Å². The Hall–Kier alpha value is -4.27. The molecule has 2 aliphatic heterocycles. The van der Waals surface area contributed by atoms with E-state index in [0.29, 0.717) is 29.4 Å². The number of halogens is 1. The molecule has 2 aromatic rings. The Morgan fingerprint density at radius 1 is 1.12 bits per heavy atom. The van der Waals surface area contributed by atoms with E-state index >= 15 is 4.39 Å². The number of rotatable bonds is 12. The van der Waals surface area contributed by atoms with Crippen molar-refractivity contribution in [3.8, 4) is 17.2 Å². The summed E-state index contributed by atoms with van der Waals surface area (Å²) in [6.07, 6.45) is -3.56. The van der Waals surface area contributed by atoms with E-state index < -0.39 is 99.0 Å². The van der Waals surface area contributed by atoms with Crippen LogP contribution in [0.5, 0.6) is 0 Å². The fourth-order valence-electron chi connectivity index (χ4n) is 7.05. The summed E-state index contributed by atoms with van der Waals surface area (Å²) in [5, 5.41) is 7.70. The number of ether oxygens (including phenoxy) is 4. The molecule has 280 valence electrons. The highest BCUT2D eigenvalue weighted by Crippen LogP contribution is 2.80. The zero-order valence-corrected chi connectivity index (χ0v) is 29.8. The van der Waals surface area contributed by atoms with Crippen molar-refractivity contribution in [3.63, 3.8) is 0 Å². The molecule has 1 aromatic carbocycles. The lowest BCUT2D eigenvalue weighted by Gasteiger charge is -2.21. The van der Waals surface area contributed by atoms with E-state index in [1.807, 2.05) is 13.8 Å². The zero-order valence-electron chi connectivity index (χ0n) is 28.0. The van der Waals surface area contributed by atoms with Crippen LogP contribution in [0.3, 0.4) is 0 Å². The average molecular weight is 769 g/mol. The second-order valence-corrected chi connectivity index (χ2v) is 17.1. The molecule has 3 amide bonds. The minimum Gasteiger partial charge on any atom is -0.442 e. The summed E-state index contributed by atoms with van der Waals surface area (Å²) in [5.74, 6) is -2.74. The van der Waals surface area contributed by atoms with Crippen LogP contribution in [0.2, 0.25) is 0 Å². The molecule has 0 spiro atoms. The van der Waals surface area contributed by atoms with Gasteiger partial charge in [-0.15, -0.1) is 0 Å². The summed E-state index contributed by atoms with van der Waals surface area (Å²) < 4.78 is 58.4. The largest absolute Gasteiger partial charge is 0.442 e. The third-order valence-corrected chi connectivity index (χ3v) is 14.0. The molecule has 3 aliphatic rings. The van der Waals surface area contributed by atoms with Gasteiger partial charge in [0.1, 0.15) is 17.3 Å². The Morgan fingerprint density at radius 2 is 1.77 bits per heavy atom. The minimum absolute atomic E-state index is 0.122. The summed E-state index contributed by atoms with van der Waals surface area (Å²) in [7, 11) is -10.5. The van der Waals surface area contributed by atoms with Gasteiger partial charge in [-0.1, -0.05) is 19.9 Å². The van der Waals surface area contributed by atoms with Gasteiger partial charge < -0.3 is 38.5 Å². The number of carbonyl (C=O) groups is 4. The summed E-state index contributed by atoms with van der Waals surface area (Å²) in [6.45, 7) is 4.11. The molecule has 1 aliphatic carbocycles. The van der Waals surface area contributed by atoms with Gasteiger partial charge in [-0.25, -0.2) is 18.9 Å². The van der Waals surface area contributed by atoms with Crippen LogP contribution in [0, 0.1) is 28.0 Å². The molecule has 4 atom stereocenters. The van der Waals surface area contributed by atoms with Gasteiger partial charge >= 0.3 is 33.3 Å². The quantitative estimate of drug-likeness (QED) is 0.137. The molecule has 1 saturated carbocycles. The third kappa shape index (κ3) is 6.83. The molecule has 0 bridgehead atoms. The number of carbonyl (C=O) groups excluding carboxylic acids is 4. The van der Waals surface area contributed by atoms with E-state index in [1.54, 1.807) is 12.1 Å². The highest BCUT2D eigenvalue weighted by molar-refractivity contribution is 7.70. The molecule has 0 radical (unpaired) electrons. The molecule has 1 unspecified atom stereocenters. The van der Waals surface area contributed by atoms with Crippen LogP contribution in [-0.2, 0) is 43.1 Å². The predicted molar refractivity (Wildman–Crippen MR) is 174 cm³/mol. The lowest BCUT2D eigenvalue weighted by Crippen LogP contribution is -2.42. The lowest BCUT2D eigenvalue weighted by molar-refractivity contribution is -0.152. The van der Waals surface area contributed by atoms with E-state index in [0.717, 1.165) is 17.9 Å². The number of nitriles is 1. The number of imide groups is 1. The number of esters is 1. The maximum atomic E-state index is 15.4. The van der Waals surface area contributed by atoms with E-state index in [-0.39, 0.29) is 17.8 Å². The molecular formula is C31H35FN4O14P2. The first-order valence-electron chi connectivity index (χ1n) is 15.6. The monoisotopic (exact) mass is 768 g/mol. The summed E-state index contributed by atoms with van der Waals surface area (Å²) >= 11 is 0. The van der Waals surface area contributed by atoms with Gasteiger partial charge in [0.05, 0.1) is 43.8 Å². The number of anilines is 1. The highest BCUT2D eigenvalue weighted by Gasteiger charge is 2.87. The number of benzene rings is 1. The van der Waals surface area contributed by atoms with Gasteiger partial charge in [0.2, 0.25) is 12.7 Å². The molecule has 5 rings (SSSR count). The van der Waals surface area contributed by atoms with Crippen LogP contribution >= 0.6 is 15.2 Å². The van der Waals surface area contributed by atoms with Crippen molar-refractivity contribution in [2.75, 3.05) is 38.0 Å². The van der Waals surface area contributed by atoms with E-state index in [1.165, 1.54) is 18.3 Å². The summed E-state index contributed by atoms with van der Waals surface area (Å²) in [4.78, 5) is 92.1. The first-order chi connectivity index (χ1) is 24.2. The van der Waals surface area contributed by atoms with Crippen molar-refractivity contribution >= 4 is 44.9 Å². The van der Waals surface area contributed by atoms with Crippen LogP contribution in [0.1, 0.15) is 39.3 Å². The molecule has 1 aromatic heterocycles. The summed E-state index contributed by atoms with van der Waals surface area (Å²) in [5.41, 5.74) is -0.283. The number of nitrogens with zero attached hydrogens (tertiary/aromatic N) is 4. The van der Waals surface area contributed by atoms with Crippen molar-refractivity contribution in [2.24, 2.45) is 10.8 Å². The Kier molecular flexibility index (Phi) is 10.4. The standard InChI is InChI=1S/C31H35FN4O14P2/c1-18(37)35(27(39)49-17-48-25(38)8-9-26(51(41,42)43)52(44,45)46)12-21-13-36(28(40)50-21)20-5-6-22(23(32)10-20)19-4-7-24(34-11-19)31(14-33)29(2)15-47-16-30(29,31)3/h4-7,10-11,21,26H,8-9,12-13,15-17H2,1-3H3,(H2,41,42,43)(H2,44,45,46)/t21-,29-,30+,31?/m0/s1. The first kappa shape index (κ1) is 38.9. The number of amides is 3. The van der Waals surface area contributed by atoms with Crippen LogP contribution < -0.4 is 4.90 Å². The van der Waals surface area contributed by atoms with Gasteiger partial charge in [-0.3, -0.25) is 28.6 Å². The third-order valence-electron chi connectivity index (χ3n) is 10.1. The Morgan fingerprint density at radius 3 is 2.31 bits per heavy atom. The highest BCUT2D eigenvalue weighted by atomic mass is 31.2. The second-order valence-electron chi connectivity index (χ2n) is 13.1. The topological polar surface area (TPSA) is 263 Å². The van der Waals surface area contributed by atoms with Gasteiger partial charge in [0.25, 0.3) is 0 Å². The van der Waals surface area contributed by atoms with Gasteiger partial charge in [0.15, 0.2) is 5.40 Å². The van der Waals surface area contributed by atoms with Gasteiger partial charge in [-0.2, -0.15) is 5.26 Å². The van der Waals surface area contributed by atoms with Crippen molar-refractivity contribution in [2.45, 2.75) is 50.5 Å². The first-order valence-corrected chi connectivity index (χ1v) is 19.0. The number of cyclic esters (lactones) is 1. The Bertz CT molecular complexity index is 1890. The second kappa shape index (κ2) is 13.9. The van der Waals surface area contributed by atoms with Gasteiger partial charge in [-0.05, 0) is 30.7 Å². The number of pyridine rings is 1. The SMILES string of the molecule is CC(=O)N(C[C@H]1CN(c2ccc(-c3ccc(C4(C#N)[C@]5(C)COC[C@]45C)nc3)c(F)c2)C(=O)O1)C(=O)OCOC(=O)CCC(P(=O)(O)O)P(=O)(O)O. The van der Waals surface area contributed by atoms with E-state index in [4.69, 9.17) is 33.8 Å². The van der Waals surface area contributed by atoms with Crippen molar-refractivity contribution < 1.29 is 71.2 Å². The molecule has 2 saturated heterocycles. The van der Waals surface area contributed by atoms with Crippen molar-refractivity contribution in [1.82, 2.24) is 9.88 Å². The molecular weight excluding hydrogens is 733 g/mol. The lowest BCUT2D eigenvalue weighted by atomic mass is 9.90. The summed E-state index contributed by atoms with van der Waals surface area (Å²) in [6, 6.07) is 9.87. The minimum atomic E-state index is -5.26. The molecule has 21 heteroatoms. The normalized spacial score (nSPS) is 25.3. The van der Waals surface area contributed by atoms with Gasteiger partial charge in [0, 0.05) is 41.5 Å². The zero-order chi connectivity index (χ0) is 38.4. The molecule has 18 nitrogen and oxygen atoms in total. The average Bonchev–Trinajstić information content (AvgIpc) is 3.32. The molecule has 3 heterocycles. The maximum absolute atomic E-state index is 15.4. The fourth-order valence-corrected chi connectivity index (χ4v) is 9.55. The molecule has 4 N–H and O–H groups in total. The number of fused-ring (bicyclic) bond motifs is 1. The van der Waals surface area contributed by atoms with E-state index in [2.05, 4.69) is 15.8 Å². The molecule has 52 heavy (non-hydrogen) atoms. The fraction of sp³-hybridized carbons (Fsp3) is 0.484. The number of aromatic nitrogens is 1. The van der Waals surface area contributed by atoms with Crippen LogP contribution in [0.4, 0.5) is 19.7 Å². The maximum Gasteiger partial charge on any atom is 0.419 e. The Labute approximate surface area is 295 Å². The number of hydrogen-bond donors (Lipinski definition) is 4. The molecule has 3 fully saturated rings. The number of hydrogen-bond acceptors (Lipinski definition) is 12. The van der Waals surface area contributed by atoms with E-state index in [9.17, 15) is 33.6 Å². The van der Waals surface area contributed by atoms with Crippen molar-refractivity contribution in [1.29, 1.82) is 5.26 Å². The smallest absolute Gasteiger partial charge is 0.419 e. The van der Waals surface area contributed by atoms with Crippen molar-refractivity contribution in [3.05, 3.63) is 48.0 Å². The van der Waals surface area contributed by atoms with Crippen LogP contribution in [-0.4, -0.2) is 98.1 Å². The van der Waals surface area contributed by atoms with Crippen LogP contribution in [0.15, 0.2) is 36.5 Å². The predicted octanol–water partition coefficient (Wildman–Crippen LogP) is 2.98.